The van der Waals surface area contributed by atoms with E-state index in [0.29, 0.717) is 23.7 Å². The maximum atomic E-state index is 12.4. The molecule has 164 valence electrons. The molecule has 1 aromatic carbocycles. The minimum Gasteiger partial charge on any atom is -0.493 e. The van der Waals surface area contributed by atoms with Gasteiger partial charge in [-0.2, -0.15) is 10.4 Å². The van der Waals surface area contributed by atoms with E-state index in [1.54, 1.807) is 24.3 Å². The third kappa shape index (κ3) is 5.79. The lowest BCUT2D eigenvalue weighted by molar-refractivity contribution is 0.0946. The van der Waals surface area contributed by atoms with Gasteiger partial charge >= 0.3 is 0 Å². The summed E-state index contributed by atoms with van der Waals surface area (Å²) in [6, 6.07) is 8.45. The molecule has 0 spiro atoms. The molecule has 2 N–H and O–H groups in total. The van der Waals surface area contributed by atoms with Crippen molar-refractivity contribution in [3.05, 3.63) is 51.3 Å². The van der Waals surface area contributed by atoms with Gasteiger partial charge in [-0.1, -0.05) is 33.1 Å². The molecule has 0 aliphatic carbocycles. The average Bonchev–Trinajstić information content (AvgIpc) is 2.78. The predicted octanol–water partition coefficient (Wildman–Crippen LogP) is 4.63. The summed E-state index contributed by atoms with van der Waals surface area (Å²) < 4.78 is 0.956. The van der Waals surface area contributed by atoms with Gasteiger partial charge in [0, 0.05) is 24.7 Å². The summed E-state index contributed by atoms with van der Waals surface area (Å²) in [6.45, 7) is 6.48. The second-order valence-corrected chi connectivity index (χ2v) is 7.52. The Morgan fingerprint density at radius 2 is 1.94 bits per heavy atom. The molecule has 0 aliphatic heterocycles. The summed E-state index contributed by atoms with van der Waals surface area (Å²) in [5.74, 6) is -0.0638. The number of amides is 1. The minimum atomic E-state index is -0.553. The van der Waals surface area contributed by atoms with Crippen LogP contribution in [0.2, 0.25) is 0 Å². The largest absolute Gasteiger partial charge is 0.493 e. The number of nitrogens with zero attached hydrogens (tertiary/aromatic N) is 4. The van der Waals surface area contributed by atoms with Gasteiger partial charge in [0.2, 0.25) is 5.88 Å². The van der Waals surface area contributed by atoms with E-state index >= 15 is 0 Å². The summed E-state index contributed by atoms with van der Waals surface area (Å²) in [6.07, 6.45) is 4.45. The van der Waals surface area contributed by atoms with E-state index in [1.165, 1.54) is 14.0 Å². The highest BCUT2D eigenvalue weighted by Gasteiger charge is 2.17. The zero-order valence-electron chi connectivity index (χ0n) is 18.5. The number of hydrogen-bond acceptors (Lipinski definition) is 6. The molecule has 1 heterocycles. The predicted molar refractivity (Wildman–Crippen MR) is 119 cm³/mol. The number of carbonyl (C=O) groups is 1. The molecule has 1 amide bonds. The molecule has 0 bridgehead atoms. The number of nitriles is 1. The Bertz CT molecular complexity index is 1050. The van der Waals surface area contributed by atoms with E-state index in [2.05, 4.69) is 29.4 Å². The van der Waals surface area contributed by atoms with Crippen molar-refractivity contribution in [1.29, 1.82) is 5.26 Å². The number of benzene rings is 1. The Hall–Kier alpha value is -3.47. The van der Waals surface area contributed by atoms with Crippen LogP contribution in [0, 0.1) is 24.2 Å². The summed E-state index contributed by atoms with van der Waals surface area (Å²) in [7, 11) is 1.36. The lowest BCUT2D eigenvalue weighted by Crippen LogP contribution is -2.29. The van der Waals surface area contributed by atoms with E-state index < -0.39 is 11.4 Å². The molecule has 0 aliphatic rings. The fraction of sp³-hybridized carbons (Fsp3) is 0.435. The van der Waals surface area contributed by atoms with Gasteiger partial charge in [0.15, 0.2) is 5.69 Å². The summed E-state index contributed by atoms with van der Waals surface area (Å²) in [5.41, 5.74) is 0.647. The van der Waals surface area contributed by atoms with Gasteiger partial charge in [-0.15, -0.1) is 5.11 Å². The number of rotatable bonds is 9. The second kappa shape index (κ2) is 11.1. The van der Waals surface area contributed by atoms with Crippen molar-refractivity contribution in [2.45, 2.75) is 46.5 Å². The first-order chi connectivity index (χ1) is 14.8. The third-order valence-corrected chi connectivity index (χ3v) is 5.38. The van der Waals surface area contributed by atoms with Crippen LogP contribution >= 0.6 is 0 Å². The first-order valence-electron chi connectivity index (χ1n) is 10.5. The fourth-order valence-electron chi connectivity index (χ4n) is 3.19. The quantitative estimate of drug-likeness (QED) is 0.571. The highest BCUT2D eigenvalue weighted by molar-refractivity contribution is 5.94. The number of azo groups is 1. The number of nitrogens with one attached hydrogen (secondary N) is 1. The molecule has 31 heavy (non-hydrogen) atoms. The Balaban J connectivity index is 2.12. The van der Waals surface area contributed by atoms with Crippen LogP contribution in [0.15, 0.2) is 39.3 Å². The Morgan fingerprint density at radius 1 is 1.26 bits per heavy atom. The average molecular weight is 424 g/mol. The van der Waals surface area contributed by atoms with Crippen LogP contribution in [0.3, 0.4) is 0 Å². The molecule has 0 radical (unpaired) electrons. The van der Waals surface area contributed by atoms with Crippen molar-refractivity contribution in [3.63, 3.8) is 0 Å². The van der Waals surface area contributed by atoms with Crippen molar-refractivity contribution >= 4 is 17.3 Å². The Morgan fingerprint density at radius 3 is 2.52 bits per heavy atom. The topological polar surface area (TPSA) is 120 Å². The molecule has 2 aromatic rings. The van der Waals surface area contributed by atoms with Crippen molar-refractivity contribution < 1.29 is 9.90 Å². The van der Waals surface area contributed by atoms with Gasteiger partial charge in [0.1, 0.15) is 11.6 Å². The second-order valence-electron chi connectivity index (χ2n) is 7.52. The van der Waals surface area contributed by atoms with Crippen molar-refractivity contribution in [2.24, 2.45) is 23.2 Å². The van der Waals surface area contributed by atoms with Crippen LogP contribution in [0.25, 0.3) is 0 Å². The molecule has 0 saturated carbocycles. The van der Waals surface area contributed by atoms with Crippen LogP contribution in [0.1, 0.15) is 61.0 Å². The summed E-state index contributed by atoms with van der Waals surface area (Å²) >= 11 is 0. The van der Waals surface area contributed by atoms with Crippen LogP contribution in [-0.2, 0) is 7.05 Å². The standard InChI is InChI=1S/C23H29N5O3/c1-5-7-8-16(6-2)14-25-21(29)17-9-11-18(12-10-17)26-27-20-15(3)19(13-24)22(30)28(4)23(20)31/h9-12,16,30H,5-8,14H2,1-4H3,(H,25,29). The number of aromatic nitrogens is 1. The Kier molecular flexibility index (Phi) is 8.50. The SMILES string of the molecule is CCCCC(CC)CNC(=O)c1ccc(N=Nc2c(C)c(C#N)c(O)n(C)c2=O)cc1. The zero-order valence-corrected chi connectivity index (χ0v) is 18.5. The number of carbonyl (C=O) groups excluding carboxylic acids is 1. The number of hydrogen-bond donors (Lipinski definition) is 2. The van der Waals surface area contributed by atoms with Gasteiger partial charge in [-0.25, -0.2) is 0 Å². The van der Waals surface area contributed by atoms with Crippen molar-refractivity contribution in [1.82, 2.24) is 9.88 Å². The van der Waals surface area contributed by atoms with Gasteiger partial charge in [-0.05, 0) is 43.5 Å². The van der Waals surface area contributed by atoms with Gasteiger partial charge in [0.05, 0.1) is 5.69 Å². The zero-order chi connectivity index (χ0) is 23.0. The molecule has 1 unspecified atom stereocenters. The van der Waals surface area contributed by atoms with E-state index in [4.69, 9.17) is 0 Å². The molecule has 1 aromatic heterocycles. The molecular formula is C23H29N5O3. The maximum Gasteiger partial charge on any atom is 0.281 e. The smallest absolute Gasteiger partial charge is 0.281 e. The monoisotopic (exact) mass is 423 g/mol. The minimum absolute atomic E-state index is 0.0173. The number of aromatic hydroxyl groups is 1. The number of pyridine rings is 1. The maximum absolute atomic E-state index is 12.4. The first kappa shape index (κ1) is 23.8. The van der Waals surface area contributed by atoms with Crippen LogP contribution in [0.5, 0.6) is 5.88 Å². The van der Waals surface area contributed by atoms with Gasteiger partial charge < -0.3 is 10.4 Å². The van der Waals surface area contributed by atoms with Crippen LogP contribution in [-0.4, -0.2) is 22.1 Å². The van der Waals surface area contributed by atoms with Crippen LogP contribution < -0.4 is 10.9 Å². The van der Waals surface area contributed by atoms with Gasteiger partial charge in [0.25, 0.3) is 11.5 Å². The van der Waals surface area contributed by atoms with Crippen molar-refractivity contribution in [2.75, 3.05) is 6.54 Å². The van der Waals surface area contributed by atoms with Crippen molar-refractivity contribution in [3.8, 4) is 11.9 Å². The molecule has 1 atom stereocenters. The lowest BCUT2D eigenvalue weighted by Gasteiger charge is -2.15. The van der Waals surface area contributed by atoms with Crippen LogP contribution in [0.4, 0.5) is 11.4 Å². The summed E-state index contributed by atoms with van der Waals surface area (Å²) in [4.78, 5) is 24.7. The molecule has 8 nitrogen and oxygen atoms in total. The highest BCUT2D eigenvalue weighted by atomic mass is 16.3. The Labute approximate surface area is 182 Å². The molecule has 0 saturated heterocycles. The highest BCUT2D eigenvalue weighted by Crippen LogP contribution is 2.26. The summed E-state index contributed by atoms with van der Waals surface area (Å²) in [5, 5.41) is 30.2. The third-order valence-electron chi connectivity index (χ3n) is 5.38. The first-order valence-corrected chi connectivity index (χ1v) is 10.5. The van der Waals surface area contributed by atoms with Gasteiger partial charge in [-0.3, -0.25) is 14.2 Å². The van der Waals surface area contributed by atoms with E-state index in [9.17, 15) is 20.0 Å². The molecular weight excluding hydrogens is 394 g/mol. The molecule has 8 heteroatoms. The number of unbranched alkanes of at least 4 members (excludes halogenated alkanes) is 1. The van der Waals surface area contributed by atoms with E-state index in [-0.39, 0.29) is 22.7 Å². The molecule has 2 rings (SSSR count). The normalized spacial score (nSPS) is 12.0. The van der Waals surface area contributed by atoms with E-state index in [0.717, 1.165) is 30.3 Å². The fourth-order valence-corrected chi connectivity index (χ4v) is 3.19. The molecule has 0 fully saturated rings. The lowest BCUT2D eigenvalue weighted by atomic mass is 9.99. The van der Waals surface area contributed by atoms with E-state index in [1.807, 2.05) is 6.07 Å².